The van der Waals surface area contributed by atoms with Crippen LogP contribution in [0.3, 0.4) is 0 Å². The molecule has 1 unspecified atom stereocenters. The zero-order chi connectivity index (χ0) is 12.6. The first-order chi connectivity index (χ1) is 7.87. The van der Waals surface area contributed by atoms with Crippen LogP contribution in [-0.2, 0) is 0 Å². The molecular weight excluding hydrogens is 283 g/mol. The Morgan fingerprint density at radius 1 is 1.47 bits per heavy atom. The smallest absolute Gasteiger partial charge is 0.139 e. The summed E-state index contributed by atoms with van der Waals surface area (Å²) in [5.74, 6) is -0.320. The summed E-state index contributed by atoms with van der Waals surface area (Å²) < 4.78 is 13.7. The van der Waals surface area contributed by atoms with E-state index in [4.69, 9.17) is 5.73 Å². The lowest BCUT2D eigenvalue weighted by Gasteiger charge is -2.19. The van der Waals surface area contributed by atoms with E-state index in [-0.39, 0.29) is 5.82 Å². The quantitative estimate of drug-likeness (QED) is 0.805. The van der Waals surface area contributed by atoms with Crippen LogP contribution in [0.4, 0.5) is 15.8 Å². The minimum atomic E-state index is -0.320. The second-order valence-electron chi connectivity index (χ2n) is 5.60. The van der Waals surface area contributed by atoms with Crippen LogP contribution < -0.4 is 11.1 Å². The maximum Gasteiger partial charge on any atom is 0.139 e. The average Bonchev–Trinajstić information content (AvgIpc) is 2.54. The number of nitrogens with one attached hydrogen (secondary N) is 1. The van der Waals surface area contributed by atoms with Crippen molar-refractivity contribution in [1.82, 2.24) is 0 Å². The van der Waals surface area contributed by atoms with Gasteiger partial charge in [-0.05, 0) is 46.7 Å². The Balaban J connectivity index is 2.12. The lowest BCUT2D eigenvalue weighted by atomic mass is 9.92. The normalized spacial score (nSPS) is 22.7. The zero-order valence-corrected chi connectivity index (χ0v) is 11.8. The Hall–Kier alpha value is -0.770. The van der Waals surface area contributed by atoms with E-state index >= 15 is 0 Å². The fraction of sp³-hybridized carbons (Fsp3) is 0.538. The summed E-state index contributed by atoms with van der Waals surface area (Å²) in [5, 5.41) is 3.41. The summed E-state index contributed by atoms with van der Waals surface area (Å²) in [7, 11) is 0. The van der Waals surface area contributed by atoms with Gasteiger partial charge in [0.05, 0.1) is 15.8 Å². The molecule has 1 aliphatic rings. The Morgan fingerprint density at radius 3 is 2.76 bits per heavy atom. The number of anilines is 2. The van der Waals surface area contributed by atoms with E-state index in [1.807, 2.05) is 0 Å². The molecule has 0 bridgehead atoms. The molecule has 17 heavy (non-hydrogen) atoms. The highest BCUT2D eigenvalue weighted by Crippen LogP contribution is 2.39. The number of nitrogens with two attached hydrogens (primary N) is 1. The molecule has 0 aromatic heterocycles. The van der Waals surface area contributed by atoms with E-state index in [1.54, 1.807) is 6.07 Å². The maximum absolute atomic E-state index is 13.2. The van der Waals surface area contributed by atoms with E-state index in [9.17, 15) is 4.39 Å². The molecule has 1 aliphatic carbocycles. The van der Waals surface area contributed by atoms with Crippen molar-refractivity contribution >= 4 is 27.3 Å². The SMILES string of the molecule is CC1(C)CCC(Nc2cc(Br)c(F)cc2N)C1. The minimum Gasteiger partial charge on any atom is -0.397 e. The average molecular weight is 301 g/mol. The summed E-state index contributed by atoms with van der Waals surface area (Å²) in [6.07, 6.45) is 3.48. The first-order valence-electron chi connectivity index (χ1n) is 5.88. The number of hydrogen-bond donors (Lipinski definition) is 2. The Bertz CT molecular complexity index is 432. The van der Waals surface area contributed by atoms with Gasteiger partial charge < -0.3 is 11.1 Å². The molecule has 1 aromatic carbocycles. The van der Waals surface area contributed by atoms with Crippen LogP contribution in [0.2, 0.25) is 0 Å². The van der Waals surface area contributed by atoms with Crippen molar-refractivity contribution in [3.63, 3.8) is 0 Å². The molecule has 1 saturated carbocycles. The molecule has 0 spiro atoms. The lowest BCUT2D eigenvalue weighted by molar-refractivity contribution is 0.378. The van der Waals surface area contributed by atoms with Crippen molar-refractivity contribution in [1.29, 1.82) is 0 Å². The van der Waals surface area contributed by atoms with E-state index in [1.165, 1.54) is 12.5 Å². The van der Waals surface area contributed by atoms with Crippen molar-refractivity contribution in [2.75, 3.05) is 11.1 Å². The number of halogens is 2. The third kappa shape index (κ3) is 2.92. The predicted octanol–water partition coefficient (Wildman–Crippen LogP) is 4.16. The van der Waals surface area contributed by atoms with Gasteiger partial charge in [0.15, 0.2) is 0 Å². The standard InChI is InChI=1S/C13H18BrFN2/c1-13(2)4-3-8(7-13)17-12-5-9(14)10(15)6-11(12)16/h5-6,8,17H,3-4,7,16H2,1-2H3. The molecule has 1 fully saturated rings. The van der Waals surface area contributed by atoms with Crippen molar-refractivity contribution < 1.29 is 4.39 Å². The van der Waals surface area contributed by atoms with Gasteiger partial charge in [0, 0.05) is 12.1 Å². The van der Waals surface area contributed by atoms with Crippen molar-refractivity contribution in [2.45, 2.75) is 39.2 Å². The second-order valence-corrected chi connectivity index (χ2v) is 6.46. The molecule has 2 nitrogen and oxygen atoms in total. The van der Waals surface area contributed by atoms with Crippen LogP contribution in [0.25, 0.3) is 0 Å². The van der Waals surface area contributed by atoms with Gasteiger partial charge in [0.1, 0.15) is 5.82 Å². The fourth-order valence-corrected chi connectivity index (χ4v) is 2.81. The first-order valence-corrected chi connectivity index (χ1v) is 6.68. The van der Waals surface area contributed by atoms with Crippen molar-refractivity contribution in [2.24, 2.45) is 5.41 Å². The van der Waals surface area contributed by atoms with E-state index in [0.29, 0.717) is 21.6 Å². The molecule has 1 atom stereocenters. The van der Waals surface area contributed by atoms with E-state index in [0.717, 1.165) is 18.5 Å². The second kappa shape index (κ2) is 4.48. The van der Waals surface area contributed by atoms with Gasteiger partial charge in [-0.3, -0.25) is 0 Å². The number of rotatable bonds is 2. The highest BCUT2D eigenvalue weighted by molar-refractivity contribution is 9.10. The van der Waals surface area contributed by atoms with Gasteiger partial charge in [0.2, 0.25) is 0 Å². The first kappa shape index (κ1) is 12.7. The van der Waals surface area contributed by atoms with Crippen LogP contribution in [0.1, 0.15) is 33.1 Å². The number of benzene rings is 1. The Kier molecular flexibility index (Phi) is 3.34. The summed E-state index contributed by atoms with van der Waals surface area (Å²) >= 11 is 3.18. The highest BCUT2D eigenvalue weighted by Gasteiger charge is 2.31. The predicted molar refractivity (Wildman–Crippen MR) is 73.6 cm³/mol. The summed E-state index contributed by atoms with van der Waals surface area (Å²) in [6, 6.07) is 3.51. The van der Waals surface area contributed by atoms with Crippen molar-refractivity contribution in [3.8, 4) is 0 Å². The van der Waals surface area contributed by atoms with Gasteiger partial charge in [-0.2, -0.15) is 0 Å². The van der Waals surface area contributed by atoms with Gasteiger partial charge in [-0.1, -0.05) is 13.8 Å². The number of hydrogen-bond acceptors (Lipinski definition) is 2. The van der Waals surface area contributed by atoms with Crippen LogP contribution in [0, 0.1) is 11.2 Å². The van der Waals surface area contributed by atoms with Crippen LogP contribution >= 0.6 is 15.9 Å². The molecule has 3 N–H and O–H groups in total. The molecule has 2 rings (SSSR count). The monoisotopic (exact) mass is 300 g/mol. The maximum atomic E-state index is 13.2. The minimum absolute atomic E-state index is 0.320. The fourth-order valence-electron chi connectivity index (χ4n) is 2.47. The lowest BCUT2D eigenvalue weighted by Crippen LogP contribution is -2.18. The molecule has 0 aliphatic heterocycles. The Morgan fingerprint density at radius 2 is 2.18 bits per heavy atom. The van der Waals surface area contributed by atoms with Crippen LogP contribution in [-0.4, -0.2) is 6.04 Å². The topological polar surface area (TPSA) is 38.0 Å². The highest BCUT2D eigenvalue weighted by atomic mass is 79.9. The molecule has 0 heterocycles. The van der Waals surface area contributed by atoms with E-state index in [2.05, 4.69) is 35.1 Å². The van der Waals surface area contributed by atoms with Gasteiger partial charge in [0.25, 0.3) is 0 Å². The molecular formula is C13H18BrFN2. The van der Waals surface area contributed by atoms with Gasteiger partial charge in [-0.15, -0.1) is 0 Å². The molecule has 0 radical (unpaired) electrons. The molecule has 0 amide bonds. The van der Waals surface area contributed by atoms with Crippen LogP contribution in [0.15, 0.2) is 16.6 Å². The van der Waals surface area contributed by atoms with Crippen molar-refractivity contribution in [3.05, 3.63) is 22.4 Å². The summed E-state index contributed by atoms with van der Waals surface area (Å²) in [4.78, 5) is 0. The summed E-state index contributed by atoms with van der Waals surface area (Å²) in [6.45, 7) is 4.55. The zero-order valence-electron chi connectivity index (χ0n) is 10.2. The molecule has 94 valence electrons. The molecule has 0 saturated heterocycles. The third-order valence-corrected chi connectivity index (χ3v) is 4.03. The van der Waals surface area contributed by atoms with Gasteiger partial charge in [-0.25, -0.2) is 4.39 Å². The largest absolute Gasteiger partial charge is 0.397 e. The molecule has 4 heteroatoms. The van der Waals surface area contributed by atoms with Crippen LogP contribution in [0.5, 0.6) is 0 Å². The van der Waals surface area contributed by atoms with Gasteiger partial charge >= 0.3 is 0 Å². The number of nitrogen functional groups attached to an aromatic ring is 1. The molecule has 1 aromatic rings. The summed E-state index contributed by atoms with van der Waals surface area (Å²) in [5.41, 5.74) is 7.49. The third-order valence-electron chi connectivity index (χ3n) is 3.42. The Labute approximate surface area is 110 Å². The van der Waals surface area contributed by atoms with E-state index < -0.39 is 0 Å².